The van der Waals surface area contributed by atoms with Crippen LogP contribution in [0.25, 0.3) is 0 Å². The lowest BCUT2D eigenvalue weighted by molar-refractivity contribution is 0.270. The van der Waals surface area contributed by atoms with E-state index in [4.69, 9.17) is 5.73 Å². The average Bonchev–Trinajstić information content (AvgIpc) is 2.72. The fourth-order valence-electron chi connectivity index (χ4n) is 2.12. The first-order valence-electron chi connectivity index (χ1n) is 6.11. The first-order chi connectivity index (χ1) is 8.15. The number of aliphatic imine (C=N–C) groups is 1. The highest BCUT2D eigenvalue weighted by atomic mass is 32.1. The fraction of sp³-hybridized carbons (Fsp3) is 0.667. The second-order valence-electron chi connectivity index (χ2n) is 4.75. The summed E-state index contributed by atoms with van der Waals surface area (Å²) in [5, 5.41) is 3.08. The van der Waals surface area contributed by atoms with Crippen molar-refractivity contribution in [2.24, 2.45) is 16.6 Å². The minimum Gasteiger partial charge on any atom is -0.370 e. The van der Waals surface area contributed by atoms with Crippen molar-refractivity contribution in [1.29, 1.82) is 0 Å². The van der Waals surface area contributed by atoms with Gasteiger partial charge in [-0.3, -0.25) is 0 Å². The maximum Gasteiger partial charge on any atom is 0.191 e. The van der Waals surface area contributed by atoms with E-state index >= 15 is 0 Å². The molecular weight excluding hydrogens is 232 g/mol. The number of guanidine groups is 1. The summed E-state index contributed by atoms with van der Waals surface area (Å²) < 4.78 is 0. The third kappa shape index (κ3) is 3.43. The Bertz CT molecular complexity index is 399. The van der Waals surface area contributed by atoms with Crippen molar-refractivity contribution in [3.05, 3.63) is 16.1 Å². The quantitative estimate of drug-likeness (QED) is 0.647. The summed E-state index contributed by atoms with van der Waals surface area (Å²) in [6.07, 6.45) is 2.52. The Hall–Kier alpha value is -1.10. The molecule has 1 aliphatic heterocycles. The second-order valence-corrected chi connectivity index (χ2v) is 5.69. The first kappa shape index (κ1) is 12.4. The Labute approximate surface area is 107 Å². The van der Waals surface area contributed by atoms with E-state index < -0.39 is 0 Å². The number of nitrogens with two attached hydrogens (primary N) is 1. The van der Waals surface area contributed by atoms with Gasteiger partial charge < -0.3 is 10.6 Å². The van der Waals surface area contributed by atoms with Crippen LogP contribution in [-0.4, -0.2) is 28.9 Å². The molecule has 17 heavy (non-hydrogen) atoms. The Morgan fingerprint density at radius 3 is 3.18 bits per heavy atom. The Balaban J connectivity index is 1.92. The molecule has 1 saturated heterocycles. The van der Waals surface area contributed by atoms with Crippen LogP contribution in [-0.2, 0) is 6.54 Å². The third-order valence-electron chi connectivity index (χ3n) is 3.02. The minimum atomic E-state index is 0.606. The van der Waals surface area contributed by atoms with Crippen molar-refractivity contribution in [2.75, 3.05) is 13.1 Å². The van der Waals surface area contributed by atoms with Gasteiger partial charge in [0.25, 0.3) is 0 Å². The maximum atomic E-state index is 6.02. The number of nitrogens with zero attached hydrogens (tertiary/aromatic N) is 3. The van der Waals surface area contributed by atoms with Gasteiger partial charge in [-0.25, -0.2) is 9.98 Å². The van der Waals surface area contributed by atoms with Gasteiger partial charge in [0.1, 0.15) is 5.01 Å². The molecule has 0 spiro atoms. The van der Waals surface area contributed by atoms with Crippen molar-refractivity contribution in [2.45, 2.75) is 33.2 Å². The van der Waals surface area contributed by atoms with Gasteiger partial charge >= 0.3 is 0 Å². The van der Waals surface area contributed by atoms with Crippen molar-refractivity contribution in [3.63, 3.8) is 0 Å². The molecule has 0 saturated carbocycles. The zero-order valence-corrected chi connectivity index (χ0v) is 11.3. The monoisotopic (exact) mass is 252 g/mol. The highest BCUT2D eigenvalue weighted by Crippen LogP contribution is 2.15. The molecular formula is C12H20N4S. The van der Waals surface area contributed by atoms with Gasteiger partial charge in [0.2, 0.25) is 0 Å². The molecule has 0 bridgehead atoms. The van der Waals surface area contributed by atoms with Crippen molar-refractivity contribution < 1.29 is 0 Å². The molecule has 2 heterocycles. The van der Waals surface area contributed by atoms with Crippen LogP contribution in [0.3, 0.4) is 0 Å². The summed E-state index contributed by atoms with van der Waals surface area (Å²) in [6, 6.07) is 0. The second kappa shape index (κ2) is 5.49. The van der Waals surface area contributed by atoms with E-state index in [0.717, 1.165) is 29.7 Å². The highest BCUT2D eigenvalue weighted by molar-refractivity contribution is 7.09. The van der Waals surface area contributed by atoms with Crippen LogP contribution >= 0.6 is 11.3 Å². The maximum absolute atomic E-state index is 6.02. The molecule has 1 aromatic rings. The Morgan fingerprint density at radius 1 is 1.71 bits per heavy atom. The zero-order valence-electron chi connectivity index (χ0n) is 10.5. The molecule has 2 rings (SSSR count). The van der Waals surface area contributed by atoms with Gasteiger partial charge in [0.15, 0.2) is 5.96 Å². The number of piperidine rings is 1. The van der Waals surface area contributed by atoms with Gasteiger partial charge in [-0.05, 0) is 25.7 Å². The zero-order chi connectivity index (χ0) is 12.3. The van der Waals surface area contributed by atoms with Crippen LogP contribution in [0.1, 0.15) is 30.5 Å². The van der Waals surface area contributed by atoms with Crippen molar-refractivity contribution >= 4 is 17.3 Å². The molecule has 1 atom stereocenters. The van der Waals surface area contributed by atoms with Crippen LogP contribution in [0.15, 0.2) is 10.4 Å². The van der Waals surface area contributed by atoms with Gasteiger partial charge in [0.05, 0.1) is 6.54 Å². The van der Waals surface area contributed by atoms with Crippen LogP contribution in [0.5, 0.6) is 0 Å². The molecule has 1 aromatic heterocycles. The molecule has 0 radical (unpaired) electrons. The number of rotatable bonds is 2. The molecule has 1 aliphatic rings. The van der Waals surface area contributed by atoms with Crippen LogP contribution < -0.4 is 5.73 Å². The summed E-state index contributed by atoms with van der Waals surface area (Å²) in [5.74, 6) is 1.39. The van der Waals surface area contributed by atoms with Gasteiger partial charge in [-0.1, -0.05) is 6.92 Å². The molecule has 2 N–H and O–H groups in total. The summed E-state index contributed by atoms with van der Waals surface area (Å²) >= 11 is 1.65. The van der Waals surface area contributed by atoms with E-state index in [1.165, 1.54) is 12.8 Å². The van der Waals surface area contributed by atoms with E-state index in [9.17, 15) is 0 Å². The lowest BCUT2D eigenvalue weighted by Gasteiger charge is -2.31. The summed E-state index contributed by atoms with van der Waals surface area (Å²) in [7, 11) is 0. The Morgan fingerprint density at radius 2 is 2.53 bits per heavy atom. The molecule has 94 valence electrons. The van der Waals surface area contributed by atoms with Crippen LogP contribution in [0, 0.1) is 12.8 Å². The lowest BCUT2D eigenvalue weighted by Crippen LogP contribution is -2.43. The predicted octanol–water partition coefficient (Wildman–Crippen LogP) is 2.00. The molecule has 1 unspecified atom stereocenters. The summed E-state index contributed by atoms with van der Waals surface area (Å²) in [6.45, 7) is 6.95. The number of hydrogen-bond acceptors (Lipinski definition) is 3. The number of hydrogen-bond donors (Lipinski definition) is 1. The average molecular weight is 252 g/mol. The topological polar surface area (TPSA) is 54.5 Å². The number of thiazole rings is 1. The smallest absolute Gasteiger partial charge is 0.191 e. The summed E-state index contributed by atoms with van der Waals surface area (Å²) in [5.41, 5.74) is 7.08. The van der Waals surface area contributed by atoms with Crippen LogP contribution in [0.2, 0.25) is 0 Å². The predicted molar refractivity (Wildman–Crippen MR) is 72.1 cm³/mol. The minimum absolute atomic E-state index is 0.606. The van der Waals surface area contributed by atoms with Crippen LogP contribution in [0.4, 0.5) is 0 Å². The summed E-state index contributed by atoms with van der Waals surface area (Å²) in [4.78, 5) is 11.0. The van der Waals surface area contributed by atoms with Gasteiger partial charge in [0, 0.05) is 24.2 Å². The van der Waals surface area contributed by atoms with E-state index in [1.54, 1.807) is 11.3 Å². The van der Waals surface area contributed by atoms with Gasteiger partial charge in [-0.2, -0.15) is 0 Å². The molecule has 1 fully saturated rings. The van der Waals surface area contributed by atoms with Crippen molar-refractivity contribution in [3.8, 4) is 0 Å². The standard InChI is InChI=1S/C12H20N4S/c1-9-4-3-5-16(7-9)12(13)14-6-11-15-10(2)8-17-11/h8-9H,3-7H2,1-2H3,(H2,13,14). The molecule has 4 nitrogen and oxygen atoms in total. The number of aryl methyl sites for hydroxylation is 1. The normalized spacial score (nSPS) is 21.9. The van der Waals surface area contributed by atoms with E-state index in [2.05, 4.69) is 21.8 Å². The van der Waals surface area contributed by atoms with Gasteiger partial charge in [-0.15, -0.1) is 11.3 Å². The molecule has 0 amide bonds. The number of aromatic nitrogens is 1. The van der Waals surface area contributed by atoms with E-state index in [1.807, 2.05) is 12.3 Å². The first-order valence-corrected chi connectivity index (χ1v) is 6.99. The van der Waals surface area contributed by atoms with Crippen molar-refractivity contribution in [1.82, 2.24) is 9.88 Å². The van der Waals surface area contributed by atoms with E-state index in [0.29, 0.717) is 12.5 Å². The third-order valence-corrected chi connectivity index (χ3v) is 3.98. The lowest BCUT2D eigenvalue weighted by atomic mass is 10.0. The SMILES string of the molecule is Cc1csc(CN=C(N)N2CCCC(C)C2)n1. The molecule has 0 aliphatic carbocycles. The molecule has 0 aromatic carbocycles. The largest absolute Gasteiger partial charge is 0.370 e. The highest BCUT2D eigenvalue weighted by Gasteiger charge is 2.17. The number of likely N-dealkylation sites (tertiary alicyclic amines) is 1. The van der Waals surface area contributed by atoms with E-state index in [-0.39, 0.29) is 0 Å². The molecule has 5 heteroatoms. The fourth-order valence-corrected chi connectivity index (χ4v) is 2.82. The Kier molecular flexibility index (Phi) is 3.99.